The maximum atomic E-state index is 12.9. The average molecular weight is 347 g/mol. The summed E-state index contributed by atoms with van der Waals surface area (Å²) in [7, 11) is 0. The lowest BCUT2D eigenvalue weighted by Gasteiger charge is -2.30. The maximum Gasteiger partial charge on any atom is 0.417 e. The summed E-state index contributed by atoms with van der Waals surface area (Å²) in [4.78, 5) is 12.9. The number of halogens is 4. The van der Waals surface area contributed by atoms with Crippen LogP contribution >= 0.6 is 15.9 Å². The van der Waals surface area contributed by atoms with Gasteiger partial charge in [0.2, 0.25) is 5.91 Å². The quantitative estimate of drug-likeness (QED) is 0.731. The van der Waals surface area contributed by atoms with Gasteiger partial charge in [-0.2, -0.15) is 18.4 Å². The lowest BCUT2D eigenvalue weighted by atomic mass is 10.0. The van der Waals surface area contributed by atoms with E-state index in [4.69, 9.17) is 5.26 Å². The summed E-state index contributed by atoms with van der Waals surface area (Å²) in [5.41, 5.74) is -1.28. The first-order valence-electron chi connectivity index (χ1n) is 5.91. The molecule has 1 aliphatic heterocycles. The molecule has 2 rings (SSSR count). The predicted molar refractivity (Wildman–Crippen MR) is 70.5 cm³/mol. The molecule has 0 aromatic heterocycles. The second kappa shape index (κ2) is 5.44. The van der Waals surface area contributed by atoms with Crippen LogP contribution in [-0.2, 0) is 11.0 Å². The molecule has 1 aromatic rings. The Morgan fingerprint density at radius 1 is 1.40 bits per heavy atom. The smallest absolute Gasteiger partial charge is 0.311 e. The molecule has 0 aliphatic carbocycles. The van der Waals surface area contributed by atoms with Crippen molar-refractivity contribution in [3.8, 4) is 6.07 Å². The first-order chi connectivity index (χ1) is 9.34. The molecule has 3 nitrogen and oxygen atoms in total. The van der Waals surface area contributed by atoms with Crippen LogP contribution in [0.25, 0.3) is 0 Å². The van der Waals surface area contributed by atoms with Crippen molar-refractivity contribution < 1.29 is 18.0 Å². The summed E-state index contributed by atoms with van der Waals surface area (Å²) in [5, 5.41) is 8.74. The molecule has 1 heterocycles. The number of nitrogens with zero attached hydrogens (tertiary/aromatic N) is 2. The summed E-state index contributed by atoms with van der Waals surface area (Å²) in [5.74, 6) is -0.255. The molecule has 106 valence electrons. The summed E-state index contributed by atoms with van der Waals surface area (Å²) in [6, 6.07) is 4.85. The van der Waals surface area contributed by atoms with Gasteiger partial charge < -0.3 is 4.90 Å². The van der Waals surface area contributed by atoms with Gasteiger partial charge in [-0.1, -0.05) is 15.9 Å². The second-order valence-electron chi connectivity index (χ2n) is 4.44. The standard InChI is InChI=1S/C13H10BrF3N2O/c14-11-2-1-5-19(12(11)20)9-4-3-8(7-18)10(6-9)13(15,16)17/h3-4,6,11H,1-2,5H2. The zero-order valence-electron chi connectivity index (χ0n) is 10.2. The Kier molecular flexibility index (Phi) is 4.04. The van der Waals surface area contributed by atoms with E-state index in [-0.39, 0.29) is 16.4 Å². The summed E-state index contributed by atoms with van der Waals surface area (Å²) >= 11 is 3.21. The number of hydrogen-bond acceptors (Lipinski definition) is 2. The monoisotopic (exact) mass is 346 g/mol. The van der Waals surface area contributed by atoms with Gasteiger partial charge in [0, 0.05) is 12.2 Å². The highest BCUT2D eigenvalue weighted by molar-refractivity contribution is 9.10. The molecular weight excluding hydrogens is 337 g/mol. The fraction of sp³-hybridized carbons (Fsp3) is 0.385. The van der Waals surface area contributed by atoms with Gasteiger partial charge in [0.25, 0.3) is 0 Å². The van der Waals surface area contributed by atoms with Crippen LogP contribution in [0, 0.1) is 11.3 Å². The zero-order valence-corrected chi connectivity index (χ0v) is 11.8. The van der Waals surface area contributed by atoms with E-state index >= 15 is 0 Å². The van der Waals surface area contributed by atoms with Crippen molar-refractivity contribution in [2.24, 2.45) is 0 Å². The molecule has 0 radical (unpaired) electrons. The topological polar surface area (TPSA) is 44.1 Å². The van der Waals surface area contributed by atoms with E-state index in [2.05, 4.69) is 15.9 Å². The Bertz CT molecular complexity index is 580. The van der Waals surface area contributed by atoms with E-state index in [0.29, 0.717) is 19.4 Å². The van der Waals surface area contributed by atoms with Crippen molar-refractivity contribution in [2.45, 2.75) is 23.8 Å². The highest BCUT2D eigenvalue weighted by Crippen LogP contribution is 2.35. The number of amides is 1. The van der Waals surface area contributed by atoms with Crippen LogP contribution in [0.4, 0.5) is 18.9 Å². The number of piperidine rings is 1. The van der Waals surface area contributed by atoms with Crippen molar-refractivity contribution in [1.29, 1.82) is 5.26 Å². The van der Waals surface area contributed by atoms with Crippen molar-refractivity contribution >= 4 is 27.5 Å². The minimum atomic E-state index is -4.62. The number of carbonyl (C=O) groups excluding carboxylic acids is 1. The van der Waals surface area contributed by atoms with Gasteiger partial charge in [-0.05, 0) is 31.0 Å². The number of nitriles is 1. The lowest BCUT2D eigenvalue weighted by molar-refractivity contribution is -0.137. The first kappa shape index (κ1) is 14.9. The Balaban J connectivity index is 2.44. The molecule has 1 unspecified atom stereocenters. The van der Waals surface area contributed by atoms with Crippen molar-refractivity contribution in [1.82, 2.24) is 0 Å². The number of benzene rings is 1. The molecule has 1 aromatic carbocycles. The first-order valence-corrected chi connectivity index (χ1v) is 6.83. The van der Waals surface area contributed by atoms with Gasteiger partial charge in [-0.15, -0.1) is 0 Å². The molecule has 1 atom stereocenters. The van der Waals surface area contributed by atoms with Gasteiger partial charge in [-0.3, -0.25) is 4.79 Å². The fourth-order valence-corrected chi connectivity index (χ4v) is 2.69. The third-order valence-electron chi connectivity index (χ3n) is 3.11. The number of anilines is 1. The van der Waals surface area contributed by atoms with Gasteiger partial charge >= 0.3 is 6.18 Å². The molecule has 0 saturated carbocycles. The summed E-state index contributed by atoms with van der Waals surface area (Å²) < 4.78 is 38.7. The zero-order chi connectivity index (χ0) is 14.9. The fourth-order valence-electron chi connectivity index (χ4n) is 2.12. The number of carbonyl (C=O) groups is 1. The molecule has 0 bridgehead atoms. The van der Waals surface area contributed by atoms with Crippen LogP contribution in [-0.4, -0.2) is 17.3 Å². The van der Waals surface area contributed by atoms with E-state index < -0.39 is 17.3 Å². The van der Waals surface area contributed by atoms with Gasteiger partial charge in [0.05, 0.1) is 22.0 Å². The van der Waals surface area contributed by atoms with E-state index in [1.807, 2.05) is 0 Å². The number of rotatable bonds is 1. The van der Waals surface area contributed by atoms with Crippen LogP contribution in [0.5, 0.6) is 0 Å². The van der Waals surface area contributed by atoms with Gasteiger partial charge in [0.15, 0.2) is 0 Å². The average Bonchev–Trinajstić information content (AvgIpc) is 2.40. The molecular formula is C13H10BrF3N2O. The molecule has 1 amide bonds. The second-order valence-corrected chi connectivity index (χ2v) is 5.54. The number of hydrogen-bond donors (Lipinski definition) is 0. The number of alkyl halides is 4. The highest BCUT2D eigenvalue weighted by atomic mass is 79.9. The Labute approximate surface area is 122 Å². The highest BCUT2D eigenvalue weighted by Gasteiger charge is 2.35. The van der Waals surface area contributed by atoms with Crippen LogP contribution in [0.2, 0.25) is 0 Å². The molecule has 7 heteroatoms. The van der Waals surface area contributed by atoms with Crippen molar-refractivity contribution in [3.05, 3.63) is 29.3 Å². The van der Waals surface area contributed by atoms with Crippen LogP contribution in [0.1, 0.15) is 24.0 Å². The van der Waals surface area contributed by atoms with Gasteiger partial charge in [-0.25, -0.2) is 0 Å². The Hall–Kier alpha value is -1.55. The SMILES string of the molecule is N#Cc1ccc(N2CCCC(Br)C2=O)cc1C(F)(F)F. The summed E-state index contributed by atoms with van der Waals surface area (Å²) in [6.45, 7) is 0.379. The molecule has 0 N–H and O–H groups in total. The summed E-state index contributed by atoms with van der Waals surface area (Å²) in [6.07, 6.45) is -3.24. The van der Waals surface area contributed by atoms with E-state index in [1.165, 1.54) is 17.0 Å². The molecule has 1 fully saturated rings. The maximum absolute atomic E-state index is 12.9. The van der Waals surface area contributed by atoms with E-state index in [1.54, 1.807) is 0 Å². The minimum absolute atomic E-state index is 0.172. The van der Waals surface area contributed by atoms with Crippen molar-refractivity contribution in [3.63, 3.8) is 0 Å². The van der Waals surface area contributed by atoms with Gasteiger partial charge in [0.1, 0.15) is 0 Å². The van der Waals surface area contributed by atoms with Crippen LogP contribution in [0.15, 0.2) is 18.2 Å². The molecule has 1 aliphatic rings. The Morgan fingerprint density at radius 3 is 2.70 bits per heavy atom. The van der Waals surface area contributed by atoms with Crippen molar-refractivity contribution in [2.75, 3.05) is 11.4 Å². The van der Waals surface area contributed by atoms with Crippen LogP contribution in [0.3, 0.4) is 0 Å². The largest absolute Gasteiger partial charge is 0.417 e. The predicted octanol–water partition coefficient (Wildman–Crippen LogP) is 3.47. The lowest BCUT2D eigenvalue weighted by Crippen LogP contribution is -2.41. The normalized spacial score (nSPS) is 19.9. The van der Waals surface area contributed by atoms with E-state index in [9.17, 15) is 18.0 Å². The third kappa shape index (κ3) is 2.80. The molecule has 1 saturated heterocycles. The Morgan fingerprint density at radius 2 is 2.10 bits per heavy atom. The third-order valence-corrected chi connectivity index (χ3v) is 3.96. The van der Waals surface area contributed by atoms with Crippen LogP contribution < -0.4 is 4.90 Å². The molecule has 0 spiro atoms. The van der Waals surface area contributed by atoms with E-state index in [0.717, 1.165) is 12.1 Å². The minimum Gasteiger partial charge on any atom is -0.311 e. The molecule has 20 heavy (non-hydrogen) atoms.